The van der Waals surface area contributed by atoms with Crippen LogP contribution in [0.5, 0.6) is 0 Å². The summed E-state index contributed by atoms with van der Waals surface area (Å²) in [5, 5.41) is 1.43. The van der Waals surface area contributed by atoms with Crippen LogP contribution in [0.2, 0.25) is 0 Å². The van der Waals surface area contributed by atoms with E-state index in [0.29, 0.717) is 10.3 Å². The number of benzene rings is 2. The van der Waals surface area contributed by atoms with Crippen molar-refractivity contribution in [3.05, 3.63) is 60.3 Å². The van der Waals surface area contributed by atoms with Gasteiger partial charge in [-0.15, -0.1) is 11.3 Å². The maximum atomic E-state index is 12.8. The highest BCUT2D eigenvalue weighted by Crippen LogP contribution is 2.30. The molecule has 10 heteroatoms. The zero-order valence-corrected chi connectivity index (χ0v) is 18.5. The summed E-state index contributed by atoms with van der Waals surface area (Å²) in [6.07, 6.45) is 0. The van der Waals surface area contributed by atoms with Crippen molar-refractivity contribution in [2.75, 3.05) is 32.1 Å². The molecular formula is C19H22N3O4S3. The van der Waals surface area contributed by atoms with Crippen LogP contribution in [-0.2, 0) is 20.0 Å². The van der Waals surface area contributed by atoms with Gasteiger partial charge in [-0.2, -0.15) is 0 Å². The molecule has 3 rings (SSSR count). The van der Waals surface area contributed by atoms with Crippen molar-refractivity contribution in [1.29, 1.82) is 0 Å². The molecule has 1 heterocycles. The summed E-state index contributed by atoms with van der Waals surface area (Å²) >= 11 is 1.06. The fourth-order valence-electron chi connectivity index (χ4n) is 2.91. The molecule has 29 heavy (non-hydrogen) atoms. The quantitative estimate of drug-likeness (QED) is 0.512. The molecular weight excluding hydrogens is 430 g/mol. The number of fused-ring (bicyclic) bond motifs is 1. The maximum Gasteiger partial charge on any atom is 0.250 e. The number of hydrogen-bond acceptors (Lipinski definition) is 6. The predicted octanol–water partition coefficient (Wildman–Crippen LogP) is 2.41. The molecule has 1 radical (unpaired) electrons. The van der Waals surface area contributed by atoms with Crippen LogP contribution in [0.3, 0.4) is 0 Å². The first kappa shape index (κ1) is 21.7. The van der Waals surface area contributed by atoms with E-state index in [0.717, 1.165) is 22.4 Å². The average molecular weight is 453 g/mol. The van der Waals surface area contributed by atoms with E-state index in [4.69, 9.17) is 0 Å². The highest BCUT2D eigenvalue weighted by atomic mass is 32.2. The Morgan fingerprint density at radius 1 is 0.862 bits per heavy atom. The molecule has 0 atom stereocenters. The average Bonchev–Trinajstić information content (AvgIpc) is 3.11. The van der Waals surface area contributed by atoms with Crippen molar-refractivity contribution in [2.24, 2.45) is 0 Å². The number of nitrogens with zero attached hydrogens (tertiary/aromatic N) is 1. The maximum absolute atomic E-state index is 12.8. The first-order chi connectivity index (χ1) is 13.6. The standard InChI is InChI=1S/C19H22N3O4S3/c1-14-10-11-19(27-14)29(25,26)21-13-12-20-28(23,24)18-9-5-6-15-16(18)7-4-8-17(15)22(2)3/h4-11,20-21H,1,12-13H2,2-3H3. The highest BCUT2D eigenvalue weighted by molar-refractivity contribution is 7.91. The molecule has 2 N–H and O–H groups in total. The summed E-state index contributed by atoms with van der Waals surface area (Å²) in [4.78, 5) is 2.71. The molecule has 2 aromatic carbocycles. The smallest absolute Gasteiger partial charge is 0.250 e. The molecule has 0 bridgehead atoms. The van der Waals surface area contributed by atoms with E-state index < -0.39 is 20.0 Å². The molecule has 0 spiro atoms. The fourth-order valence-corrected chi connectivity index (χ4v) is 6.39. The summed E-state index contributed by atoms with van der Waals surface area (Å²) in [7, 11) is -3.71. The van der Waals surface area contributed by atoms with Crippen molar-refractivity contribution in [1.82, 2.24) is 9.44 Å². The summed E-state index contributed by atoms with van der Waals surface area (Å²) < 4.78 is 55.1. The lowest BCUT2D eigenvalue weighted by molar-refractivity contribution is 0.572. The van der Waals surface area contributed by atoms with Gasteiger partial charge >= 0.3 is 0 Å². The summed E-state index contributed by atoms with van der Waals surface area (Å²) in [5.74, 6) is 0. The van der Waals surface area contributed by atoms with E-state index in [9.17, 15) is 16.8 Å². The van der Waals surface area contributed by atoms with E-state index in [2.05, 4.69) is 16.4 Å². The van der Waals surface area contributed by atoms with E-state index in [1.165, 1.54) is 12.1 Å². The topological polar surface area (TPSA) is 95.6 Å². The van der Waals surface area contributed by atoms with Gasteiger partial charge in [0.25, 0.3) is 0 Å². The lowest BCUT2D eigenvalue weighted by atomic mass is 10.1. The Kier molecular flexibility index (Phi) is 6.30. The number of nitrogens with one attached hydrogen (secondary N) is 2. The van der Waals surface area contributed by atoms with E-state index in [-0.39, 0.29) is 22.2 Å². The van der Waals surface area contributed by atoms with Crippen molar-refractivity contribution >= 4 is 47.8 Å². The SMILES string of the molecule is [CH2]c1ccc(S(=O)(=O)NCCNS(=O)(=O)c2cccc3c(N(C)C)cccc23)s1. The van der Waals surface area contributed by atoms with Crippen LogP contribution in [0.25, 0.3) is 10.8 Å². The van der Waals surface area contributed by atoms with Crippen LogP contribution in [0.1, 0.15) is 4.88 Å². The highest BCUT2D eigenvalue weighted by Gasteiger charge is 2.19. The molecule has 0 saturated heterocycles. The monoisotopic (exact) mass is 452 g/mol. The Hall–Kier alpha value is -1.98. The first-order valence-corrected chi connectivity index (χ1v) is 12.5. The molecule has 7 nitrogen and oxygen atoms in total. The Labute approximate surface area is 175 Å². The van der Waals surface area contributed by atoms with Crippen molar-refractivity contribution in [3.8, 4) is 0 Å². The summed E-state index contributed by atoms with van der Waals surface area (Å²) in [6.45, 7) is 3.55. The van der Waals surface area contributed by atoms with Crippen LogP contribution in [0, 0.1) is 6.92 Å². The van der Waals surface area contributed by atoms with E-state index >= 15 is 0 Å². The summed E-state index contributed by atoms with van der Waals surface area (Å²) in [6, 6.07) is 13.7. The van der Waals surface area contributed by atoms with Gasteiger partial charge in [0.15, 0.2) is 0 Å². The van der Waals surface area contributed by atoms with Gasteiger partial charge in [-0.1, -0.05) is 24.3 Å². The third-order valence-electron chi connectivity index (χ3n) is 4.24. The predicted molar refractivity (Wildman–Crippen MR) is 117 cm³/mol. The van der Waals surface area contributed by atoms with E-state index in [1.54, 1.807) is 18.2 Å². The second-order valence-electron chi connectivity index (χ2n) is 6.54. The minimum absolute atomic E-state index is 0.0698. The van der Waals surface area contributed by atoms with Gasteiger partial charge in [0, 0.05) is 48.5 Å². The minimum atomic E-state index is -3.82. The van der Waals surface area contributed by atoms with Crippen LogP contribution in [0.4, 0.5) is 5.69 Å². The van der Waals surface area contributed by atoms with Gasteiger partial charge in [0.1, 0.15) is 4.21 Å². The lowest BCUT2D eigenvalue weighted by Gasteiger charge is -2.17. The van der Waals surface area contributed by atoms with Crippen LogP contribution in [0.15, 0.2) is 57.6 Å². The zero-order valence-electron chi connectivity index (χ0n) is 16.0. The number of sulfonamides is 2. The second-order valence-corrected chi connectivity index (χ2v) is 11.4. The Morgan fingerprint density at radius 2 is 1.48 bits per heavy atom. The molecule has 0 fully saturated rings. The van der Waals surface area contributed by atoms with Gasteiger partial charge in [0.2, 0.25) is 20.0 Å². The number of rotatable bonds is 8. The number of thiophene rings is 1. The molecule has 155 valence electrons. The second kappa shape index (κ2) is 8.41. The summed E-state index contributed by atoms with van der Waals surface area (Å²) in [5.41, 5.74) is 0.910. The van der Waals surface area contributed by atoms with Crippen molar-refractivity contribution in [2.45, 2.75) is 9.10 Å². The Morgan fingerprint density at radius 3 is 2.10 bits per heavy atom. The Balaban J connectivity index is 1.74. The molecule has 0 aliphatic carbocycles. The minimum Gasteiger partial charge on any atom is -0.377 e. The molecule has 3 aromatic rings. The number of hydrogen-bond donors (Lipinski definition) is 2. The third-order valence-corrected chi connectivity index (χ3v) is 8.65. The van der Waals surface area contributed by atoms with Gasteiger partial charge in [0.05, 0.1) is 4.90 Å². The third kappa shape index (κ3) is 4.78. The zero-order chi connectivity index (χ0) is 21.2. The Bertz CT molecular complexity index is 1230. The van der Waals surface area contributed by atoms with Crippen LogP contribution < -0.4 is 14.3 Å². The van der Waals surface area contributed by atoms with Gasteiger partial charge in [-0.25, -0.2) is 26.3 Å². The molecule has 0 unspecified atom stereocenters. The van der Waals surface area contributed by atoms with Gasteiger partial charge in [-0.3, -0.25) is 0 Å². The molecule has 0 amide bonds. The molecule has 0 aliphatic heterocycles. The van der Waals surface area contributed by atoms with Crippen LogP contribution >= 0.6 is 11.3 Å². The first-order valence-electron chi connectivity index (χ1n) is 8.72. The van der Waals surface area contributed by atoms with Crippen molar-refractivity contribution in [3.63, 3.8) is 0 Å². The number of anilines is 1. The van der Waals surface area contributed by atoms with E-state index in [1.807, 2.05) is 37.2 Å². The molecule has 1 aromatic heterocycles. The molecule has 0 saturated carbocycles. The fraction of sp³-hybridized carbons (Fsp3) is 0.211. The van der Waals surface area contributed by atoms with Crippen LogP contribution in [-0.4, -0.2) is 44.0 Å². The largest absolute Gasteiger partial charge is 0.377 e. The normalized spacial score (nSPS) is 12.4. The van der Waals surface area contributed by atoms with Gasteiger partial charge < -0.3 is 4.90 Å². The van der Waals surface area contributed by atoms with Gasteiger partial charge in [-0.05, 0) is 31.2 Å². The van der Waals surface area contributed by atoms with Crippen molar-refractivity contribution < 1.29 is 16.8 Å². The molecule has 0 aliphatic rings. The lowest BCUT2D eigenvalue weighted by Crippen LogP contribution is -2.34.